The fourth-order valence-electron chi connectivity index (χ4n) is 5.55. The molecule has 0 saturated heterocycles. The minimum absolute atomic E-state index is 0.00621. The van der Waals surface area contributed by atoms with E-state index in [-0.39, 0.29) is 23.7 Å². The van der Waals surface area contributed by atoms with Gasteiger partial charge in [0.25, 0.3) is 0 Å². The van der Waals surface area contributed by atoms with Crippen molar-refractivity contribution >= 4 is 34.6 Å². The standard InChI is InChI=1S/C28H33NO4S/c1-17-7-6-8-18(15-17)16-22(29)27(31)26-21-11-4-5-12-24(21)34-25(26)14-13-23(30)19-9-2-3-10-20(19)28(32)33/h6-8,15,19-20,29H,2-5,9-14,16H2,1H3,(H,32,33). The second kappa shape index (κ2) is 10.8. The molecule has 1 aromatic carbocycles. The fourth-order valence-corrected chi connectivity index (χ4v) is 6.95. The summed E-state index contributed by atoms with van der Waals surface area (Å²) in [4.78, 5) is 40.3. The molecule has 2 N–H and O–H groups in total. The van der Waals surface area contributed by atoms with E-state index in [1.54, 1.807) is 11.3 Å². The maximum Gasteiger partial charge on any atom is 0.307 e. The second-order valence-corrected chi connectivity index (χ2v) is 11.0. The fraction of sp³-hybridized carbons (Fsp3) is 0.500. The van der Waals surface area contributed by atoms with Crippen molar-refractivity contribution in [3.8, 4) is 0 Å². The summed E-state index contributed by atoms with van der Waals surface area (Å²) < 4.78 is 0. The van der Waals surface area contributed by atoms with Crippen LogP contribution in [0.25, 0.3) is 0 Å². The van der Waals surface area contributed by atoms with E-state index < -0.39 is 17.8 Å². The summed E-state index contributed by atoms with van der Waals surface area (Å²) in [7, 11) is 0. The molecule has 1 heterocycles. The molecule has 2 aromatic rings. The van der Waals surface area contributed by atoms with Crippen LogP contribution in [-0.2, 0) is 35.3 Å². The molecular weight excluding hydrogens is 446 g/mol. The number of thiophene rings is 1. The molecule has 1 saturated carbocycles. The number of carbonyl (C=O) groups excluding carboxylic acids is 2. The van der Waals surface area contributed by atoms with Crippen molar-refractivity contribution in [2.45, 2.75) is 77.6 Å². The number of ketones is 2. The average Bonchev–Trinajstić information content (AvgIpc) is 3.20. The van der Waals surface area contributed by atoms with Crippen LogP contribution in [-0.4, -0.2) is 28.4 Å². The van der Waals surface area contributed by atoms with Gasteiger partial charge in [-0.25, -0.2) is 0 Å². The van der Waals surface area contributed by atoms with E-state index in [0.29, 0.717) is 31.2 Å². The van der Waals surface area contributed by atoms with Gasteiger partial charge in [-0.15, -0.1) is 11.3 Å². The SMILES string of the molecule is Cc1cccc(CC(=N)C(=O)c2c(CCC(=O)C3CCCCC3C(=O)O)sc3c2CCCC3)c1. The Kier molecular flexibility index (Phi) is 7.77. The molecule has 0 aliphatic heterocycles. The molecular formula is C28H33NO4S. The molecule has 1 fully saturated rings. The summed E-state index contributed by atoms with van der Waals surface area (Å²) in [6.45, 7) is 2.00. The van der Waals surface area contributed by atoms with E-state index in [1.165, 1.54) is 4.88 Å². The number of Topliss-reactive ketones (excluding diaryl/α,β-unsaturated/α-hetero) is 2. The van der Waals surface area contributed by atoms with Crippen LogP contribution in [0.3, 0.4) is 0 Å². The van der Waals surface area contributed by atoms with Gasteiger partial charge >= 0.3 is 5.97 Å². The number of carboxylic acids is 1. The van der Waals surface area contributed by atoms with Gasteiger partial charge in [0, 0.05) is 34.1 Å². The normalized spacial score (nSPS) is 19.9. The van der Waals surface area contributed by atoms with Crippen molar-refractivity contribution in [2.75, 3.05) is 0 Å². The first kappa shape index (κ1) is 24.5. The summed E-state index contributed by atoms with van der Waals surface area (Å²) in [5.74, 6) is -2.08. The second-order valence-electron chi connectivity index (χ2n) is 9.78. The van der Waals surface area contributed by atoms with Crippen molar-refractivity contribution in [1.29, 1.82) is 5.41 Å². The Hall–Kier alpha value is -2.60. The van der Waals surface area contributed by atoms with Crippen molar-refractivity contribution in [3.05, 3.63) is 56.3 Å². The molecule has 2 aliphatic rings. The van der Waals surface area contributed by atoms with Gasteiger partial charge < -0.3 is 10.5 Å². The molecule has 0 amide bonds. The minimum atomic E-state index is -0.870. The van der Waals surface area contributed by atoms with Gasteiger partial charge in [0.2, 0.25) is 5.78 Å². The third kappa shape index (κ3) is 5.38. The quantitative estimate of drug-likeness (QED) is 0.352. The highest BCUT2D eigenvalue weighted by molar-refractivity contribution is 7.12. The predicted molar refractivity (Wildman–Crippen MR) is 134 cm³/mol. The Morgan fingerprint density at radius 1 is 1.06 bits per heavy atom. The van der Waals surface area contributed by atoms with E-state index in [1.807, 2.05) is 31.2 Å². The first-order chi connectivity index (χ1) is 16.3. The highest BCUT2D eigenvalue weighted by atomic mass is 32.1. The molecule has 180 valence electrons. The van der Waals surface area contributed by atoms with Gasteiger partial charge in [0.1, 0.15) is 5.78 Å². The van der Waals surface area contributed by atoms with Gasteiger partial charge in [-0.1, -0.05) is 42.7 Å². The van der Waals surface area contributed by atoms with Crippen LogP contribution in [0, 0.1) is 24.2 Å². The van der Waals surface area contributed by atoms with Crippen molar-refractivity contribution in [1.82, 2.24) is 0 Å². The van der Waals surface area contributed by atoms with Gasteiger partial charge in [0.15, 0.2) is 0 Å². The largest absolute Gasteiger partial charge is 0.481 e. The molecule has 0 radical (unpaired) electrons. The Bertz CT molecular complexity index is 1120. The van der Waals surface area contributed by atoms with Crippen LogP contribution in [0.5, 0.6) is 0 Å². The third-order valence-corrected chi connectivity index (χ3v) is 8.66. The Morgan fingerprint density at radius 2 is 1.79 bits per heavy atom. The first-order valence-corrected chi connectivity index (χ1v) is 13.2. The van der Waals surface area contributed by atoms with E-state index in [9.17, 15) is 19.5 Å². The smallest absolute Gasteiger partial charge is 0.307 e. The summed E-state index contributed by atoms with van der Waals surface area (Å²) in [5, 5.41) is 18.1. The molecule has 0 bridgehead atoms. The number of carbonyl (C=O) groups is 3. The first-order valence-electron chi connectivity index (χ1n) is 12.4. The third-order valence-electron chi connectivity index (χ3n) is 7.30. The Balaban J connectivity index is 1.53. The highest BCUT2D eigenvalue weighted by Gasteiger charge is 2.35. The van der Waals surface area contributed by atoms with Crippen molar-refractivity contribution in [3.63, 3.8) is 0 Å². The molecule has 5 nitrogen and oxygen atoms in total. The number of aliphatic carboxylic acids is 1. The van der Waals surface area contributed by atoms with Gasteiger partial charge in [-0.3, -0.25) is 14.4 Å². The maximum absolute atomic E-state index is 13.5. The summed E-state index contributed by atoms with van der Waals surface area (Å²) >= 11 is 1.63. The van der Waals surface area contributed by atoms with Crippen LogP contribution in [0.4, 0.5) is 0 Å². The predicted octanol–water partition coefficient (Wildman–Crippen LogP) is 5.77. The molecule has 34 heavy (non-hydrogen) atoms. The zero-order valence-electron chi connectivity index (χ0n) is 19.8. The van der Waals surface area contributed by atoms with E-state index in [4.69, 9.17) is 5.41 Å². The zero-order chi connectivity index (χ0) is 24.2. The lowest BCUT2D eigenvalue weighted by Gasteiger charge is -2.27. The van der Waals surface area contributed by atoms with Crippen LogP contribution >= 0.6 is 11.3 Å². The number of rotatable bonds is 9. The van der Waals surface area contributed by atoms with Crippen LogP contribution in [0.2, 0.25) is 0 Å². The summed E-state index contributed by atoms with van der Waals surface area (Å²) in [6.07, 6.45) is 7.92. The number of nitrogens with one attached hydrogen (secondary N) is 1. The van der Waals surface area contributed by atoms with Gasteiger partial charge in [-0.2, -0.15) is 0 Å². The molecule has 2 atom stereocenters. The zero-order valence-corrected chi connectivity index (χ0v) is 20.6. The molecule has 4 rings (SSSR count). The molecule has 2 aliphatic carbocycles. The van der Waals surface area contributed by atoms with Gasteiger partial charge in [0.05, 0.1) is 11.6 Å². The number of carboxylic acid groups (broad SMARTS) is 1. The highest BCUT2D eigenvalue weighted by Crippen LogP contribution is 2.37. The molecule has 2 unspecified atom stereocenters. The number of hydrogen-bond acceptors (Lipinski definition) is 5. The average molecular weight is 480 g/mol. The Morgan fingerprint density at radius 3 is 2.53 bits per heavy atom. The van der Waals surface area contributed by atoms with E-state index in [0.717, 1.165) is 60.1 Å². The van der Waals surface area contributed by atoms with Crippen molar-refractivity contribution in [2.24, 2.45) is 11.8 Å². The number of hydrogen-bond donors (Lipinski definition) is 2. The lowest BCUT2D eigenvalue weighted by atomic mass is 9.76. The summed E-state index contributed by atoms with van der Waals surface area (Å²) in [6, 6.07) is 7.90. The summed E-state index contributed by atoms with van der Waals surface area (Å²) in [5.41, 5.74) is 3.88. The molecule has 1 aromatic heterocycles. The monoisotopic (exact) mass is 479 g/mol. The number of fused-ring (bicyclic) bond motifs is 1. The van der Waals surface area contributed by atoms with Crippen LogP contribution in [0.15, 0.2) is 24.3 Å². The minimum Gasteiger partial charge on any atom is -0.481 e. The topological polar surface area (TPSA) is 95.3 Å². The number of benzene rings is 1. The van der Waals surface area contributed by atoms with E-state index >= 15 is 0 Å². The molecule has 6 heteroatoms. The molecule has 0 spiro atoms. The van der Waals surface area contributed by atoms with Crippen LogP contribution in [0.1, 0.15) is 81.7 Å². The van der Waals surface area contributed by atoms with Gasteiger partial charge in [-0.05, 0) is 63.0 Å². The lowest BCUT2D eigenvalue weighted by molar-refractivity contribution is -0.148. The van der Waals surface area contributed by atoms with Crippen LogP contribution < -0.4 is 0 Å². The maximum atomic E-state index is 13.5. The lowest BCUT2D eigenvalue weighted by Crippen LogP contribution is -2.32. The van der Waals surface area contributed by atoms with Crippen molar-refractivity contribution < 1.29 is 19.5 Å². The Labute approximate surface area is 205 Å². The van der Waals surface area contributed by atoms with E-state index in [2.05, 4.69) is 0 Å². The number of aryl methyl sites for hydroxylation is 3.